The normalized spacial score (nSPS) is 21.1. The molecule has 5 N–H and O–H groups in total. The lowest BCUT2D eigenvalue weighted by molar-refractivity contribution is -0.150. The van der Waals surface area contributed by atoms with Crippen molar-refractivity contribution in [2.24, 2.45) is 5.16 Å². The van der Waals surface area contributed by atoms with Gasteiger partial charge in [0.1, 0.15) is 22.8 Å². The van der Waals surface area contributed by atoms with Crippen LogP contribution in [0.4, 0.5) is 5.13 Å². The molecular formula is C41H34N6O6S3. The smallest absolute Gasteiger partial charge is 0.352 e. The van der Waals surface area contributed by atoms with E-state index >= 15 is 0 Å². The Morgan fingerprint density at radius 1 is 1.00 bits per heavy atom. The number of nitrogen functional groups attached to an aromatic ring is 1. The van der Waals surface area contributed by atoms with Gasteiger partial charge in [-0.1, -0.05) is 102 Å². The first-order valence-corrected chi connectivity index (χ1v) is 20.5. The standard InChI is InChI=1S/C41H34N6O6S3/c42-40-44-31(23-56-40)32(46-53-41(24-11-4-1-5-12-24,25-13-6-2-7-14-25)26-15-8-3-9-16-26)36(49)45-33-37(50)47-34(39(51)52)30(22-55-38(33)47)29(21-27-17-10-20-54-27)28-18-19-43-35(28)48/h1-16,20-21,23,33,38H,17-19,22H2,(H2,42,44)(H,43,48)(H,45,49)(H,51,52)/b27-21-,29-28+,46-32-/t33-,38-/m1/s1. The molecule has 0 bridgehead atoms. The van der Waals surface area contributed by atoms with Gasteiger partial charge in [-0.2, -0.15) is 0 Å². The molecule has 0 saturated carbocycles. The number of rotatable bonds is 11. The van der Waals surface area contributed by atoms with Crippen LogP contribution >= 0.6 is 34.9 Å². The number of fused-ring (bicyclic) bond motifs is 1. The second-order valence-electron chi connectivity index (χ2n) is 13.1. The minimum Gasteiger partial charge on any atom is -0.477 e. The van der Waals surface area contributed by atoms with Gasteiger partial charge in [-0.3, -0.25) is 19.3 Å². The van der Waals surface area contributed by atoms with Gasteiger partial charge in [0.25, 0.3) is 11.8 Å². The number of benzene rings is 3. The number of carboxylic acids is 1. The molecule has 3 aromatic carbocycles. The van der Waals surface area contributed by atoms with Crippen LogP contribution in [0, 0.1) is 0 Å². The van der Waals surface area contributed by atoms with Crippen molar-refractivity contribution >= 4 is 69.4 Å². The highest BCUT2D eigenvalue weighted by atomic mass is 32.2. The first kappa shape index (κ1) is 37.0. The van der Waals surface area contributed by atoms with Crippen molar-refractivity contribution in [3.05, 3.63) is 164 Å². The van der Waals surface area contributed by atoms with E-state index in [9.17, 15) is 24.3 Å². The number of carboxylic acid groups (broad SMARTS) is 1. The van der Waals surface area contributed by atoms with Gasteiger partial charge in [0.2, 0.25) is 11.5 Å². The van der Waals surface area contributed by atoms with Gasteiger partial charge >= 0.3 is 5.97 Å². The van der Waals surface area contributed by atoms with Gasteiger partial charge < -0.3 is 26.3 Å². The molecule has 4 aliphatic rings. The molecule has 1 aromatic heterocycles. The monoisotopic (exact) mass is 802 g/mol. The molecule has 12 nitrogen and oxygen atoms in total. The number of nitrogens with two attached hydrogens (primary N) is 1. The van der Waals surface area contributed by atoms with Crippen molar-refractivity contribution in [3.63, 3.8) is 0 Å². The lowest BCUT2D eigenvalue weighted by atomic mass is 9.80. The van der Waals surface area contributed by atoms with Crippen LogP contribution in [0.2, 0.25) is 0 Å². The van der Waals surface area contributed by atoms with Crippen molar-refractivity contribution < 1.29 is 29.1 Å². The summed E-state index contributed by atoms with van der Waals surface area (Å²) in [6.45, 7) is 0.440. The Morgan fingerprint density at radius 3 is 2.16 bits per heavy atom. The number of amides is 3. The number of allylic oxidation sites excluding steroid dienone is 4. The van der Waals surface area contributed by atoms with Crippen molar-refractivity contribution in [2.75, 3.05) is 18.0 Å². The number of thiazole rings is 1. The minimum atomic E-state index is -1.32. The lowest BCUT2D eigenvalue weighted by Gasteiger charge is -2.49. The zero-order valence-electron chi connectivity index (χ0n) is 29.6. The van der Waals surface area contributed by atoms with Crippen molar-refractivity contribution in [1.82, 2.24) is 20.5 Å². The van der Waals surface area contributed by atoms with Crippen molar-refractivity contribution in [2.45, 2.75) is 29.9 Å². The van der Waals surface area contributed by atoms with Gasteiger partial charge in [-0.05, 0) is 34.8 Å². The van der Waals surface area contributed by atoms with Gasteiger partial charge in [-0.25, -0.2) is 9.78 Å². The summed E-state index contributed by atoms with van der Waals surface area (Å²) in [5.74, 6) is -2.74. The Balaban J connectivity index is 1.14. The number of hydrogen-bond donors (Lipinski definition) is 4. The maximum absolute atomic E-state index is 14.3. The zero-order valence-corrected chi connectivity index (χ0v) is 32.0. The number of aromatic nitrogens is 1. The maximum Gasteiger partial charge on any atom is 0.352 e. The number of thioether (sulfide) groups is 2. The van der Waals surface area contributed by atoms with Crippen LogP contribution in [0.5, 0.6) is 0 Å². The second kappa shape index (κ2) is 15.7. The first-order chi connectivity index (χ1) is 27.3. The third-order valence-electron chi connectivity index (χ3n) is 9.78. The Kier molecular flexibility index (Phi) is 10.4. The van der Waals surface area contributed by atoms with E-state index in [0.717, 1.165) is 32.9 Å². The SMILES string of the molecule is Nc1nc(/C(=N/OC(c2ccccc2)(c2ccccc2)c2ccccc2)C(=O)N[C@@H]2C(=O)N3C(C(=O)O)=C(C(/C=C4/CC=CS4)=C4\CCNC4=O)CS[C@H]23)cs1. The van der Waals surface area contributed by atoms with Crippen LogP contribution in [-0.4, -0.2) is 68.1 Å². The lowest BCUT2D eigenvalue weighted by Crippen LogP contribution is -2.71. The van der Waals surface area contributed by atoms with Crippen LogP contribution in [-0.2, 0) is 29.6 Å². The summed E-state index contributed by atoms with van der Waals surface area (Å²) in [6, 6.07) is 27.4. The molecule has 5 heterocycles. The van der Waals surface area contributed by atoms with Crippen molar-refractivity contribution in [3.8, 4) is 0 Å². The van der Waals surface area contributed by atoms with Crippen LogP contribution in [0.3, 0.4) is 0 Å². The summed E-state index contributed by atoms with van der Waals surface area (Å²) in [5.41, 5.74) is 8.03. The van der Waals surface area contributed by atoms with Crippen LogP contribution in [0.25, 0.3) is 0 Å². The number of carbonyl (C=O) groups is 4. The number of anilines is 1. The fourth-order valence-corrected chi connectivity index (χ4v) is 9.82. The average molecular weight is 803 g/mol. The van der Waals surface area contributed by atoms with E-state index in [-0.39, 0.29) is 33.9 Å². The average Bonchev–Trinajstić information content (AvgIpc) is 4.01. The predicted octanol–water partition coefficient (Wildman–Crippen LogP) is 5.53. The molecule has 0 unspecified atom stereocenters. The van der Waals surface area contributed by atoms with Gasteiger partial charge in [0.15, 0.2) is 10.8 Å². The Bertz CT molecular complexity index is 2270. The number of nitrogens with one attached hydrogen (secondary N) is 2. The zero-order chi connectivity index (χ0) is 38.8. The minimum absolute atomic E-state index is 0.139. The number of nitrogens with zero attached hydrogens (tertiary/aromatic N) is 3. The Hall–Kier alpha value is -5.90. The molecule has 4 aliphatic heterocycles. The van der Waals surface area contributed by atoms with E-state index in [1.54, 1.807) is 5.38 Å². The largest absolute Gasteiger partial charge is 0.477 e. The third-order valence-corrected chi connectivity index (χ3v) is 12.6. The molecule has 2 fully saturated rings. The first-order valence-electron chi connectivity index (χ1n) is 17.7. The molecular weight excluding hydrogens is 769 g/mol. The summed E-state index contributed by atoms with van der Waals surface area (Å²) in [4.78, 5) is 67.2. The van der Waals surface area contributed by atoms with Gasteiger partial charge in [0, 0.05) is 45.5 Å². The Labute approximate surface area is 334 Å². The number of hydrogen-bond acceptors (Lipinski definition) is 11. The quantitative estimate of drug-likeness (QED) is 0.0496. The highest BCUT2D eigenvalue weighted by Gasteiger charge is 2.55. The summed E-state index contributed by atoms with van der Waals surface area (Å²) in [7, 11) is 0. The number of carbonyl (C=O) groups excluding carboxylic acids is 3. The van der Waals surface area contributed by atoms with E-state index in [2.05, 4.69) is 20.8 Å². The van der Waals surface area contributed by atoms with Crippen LogP contribution < -0.4 is 16.4 Å². The number of aliphatic carboxylic acids is 1. The molecule has 3 amide bonds. The summed E-state index contributed by atoms with van der Waals surface area (Å²) in [5, 5.41) is 23.7. The molecule has 4 aromatic rings. The molecule has 0 spiro atoms. The van der Waals surface area contributed by atoms with Gasteiger partial charge in [0.05, 0.1) is 0 Å². The van der Waals surface area contributed by atoms with Crippen molar-refractivity contribution in [1.29, 1.82) is 0 Å². The highest BCUT2D eigenvalue weighted by molar-refractivity contribution is 8.06. The molecule has 282 valence electrons. The molecule has 2 atom stereocenters. The van der Waals surface area contributed by atoms with E-state index in [1.807, 2.05) is 109 Å². The molecule has 56 heavy (non-hydrogen) atoms. The third kappa shape index (κ3) is 6.82. The van der Waals surface area contributed by atoms with Crippen LogP contribution in [0.1, 0.15) is 35.2 Å². The summed E-state index contributed by atoms with van der Waals surface area (Å²) >= 11 is 3.93. The fraction of sp³-hybridized carbons (Fsp3) is 0.171. The molecule has 15 heteroatoms. The predicted molar refractivity (Wildman–Crippen MR) is 217 cm³/mol. The molecule has 2 saturated heterocycles. The Morgan fingerprint density at radius 2 is 1.64 bits per heavy atom. The van der Waals surface area contributed by atoms with E-state index in [0.29, 0.717) is 36.1 Å². The van der Waals surface area contributed by atoms with E-state index in [4.69, 9.17) is 10.6 Å². The molecule has 0 aliphatic carbocycles. The summed E-state index contributed by atoms with van der Waals surface area (Å²) < 4.78 is 0. The summed E-state index contributed by atoms with van der Waals surface area (Å²) in [6.07, 6.45) is 4.94. The van der Waals surface area contributed by atoms with Gasteiger partial charge in [-0.15, -0.1) is 34.9 Å². The highest BCUT2D eigenvalue weighted by Crippen LogP contribution is 2.45. The maximum atomic E-state index is 14.3. The van der Waals surface area contributed by atoms with E-state index < -0.39 is 34.8 Å². The number of β-lactam (4-membered cyclic amide) rings is 1. The van der Waals surface area contributed by atoms with E-state index in [1.165, 1.54) is 28.4 Å². The van der Waals surface area contributed by atoms with Crippen LogP contribution in [0.15, 0.2) is 146 Å². The number of oxime groups is 1. The molecule has 0 radical (unpaired) electrons. The second-order valence-corrected chi connectivity index (χ2v) is 16.1. The topological polar surface area (TPSA) is 176 Å². The fourth-order valence-electron chi connectivity index (χ4n) is 7.16. The molecule has 8 rings (SSSR count).